The molecule has 0 saturated carbocycles. The van der Waals surface area contributed by atoms with Crippen LogP contribution in [0, 0.1) is 11.8 Å². The van der Waals surface area contributed by atoms with Crippen molar-refractivity contribution < 1.29 is 14.4 Å². The first-order valence-corrected chi connectivity index (χ1v) is 11.7. The summed E-state index contributed by atoms with van der Waals surface area (Å²) in [7, 11) is 0. The maximum atomic E-state index is 13.3. The summed E-state index contributed by atoms with van der Waals surface area (Å²) in [6, 6.07) is 7.65. The van der Waals surface area contributed by atoms with E-state index < -0.39 is 6.04 Å². The highest BCUT2D eigenvalue weighted by atomic mass is 16.2. The van der Waals surface area contributed by atoms with E-state index in [0.717, 1.165) is 24.0 Å². The van der Waals surface area contributed by atoms with Crippen molar-refractivity contribution in [3.05, 3.63) is 35.4 Å². The fraction of sp³-hybridized carbons (Fsp3) is 0.640. The first-order valence-electron chi connectivity index (χ1n) is 11.7. The van der Waals surface area contributed by atoms with E-state index in [0.29, 0.717) is 44.8 Å². The predicted octanol–water partition coefficient (Wildman–Crippen LogP) is 3.14. The van der Waals surface area contributed by atoms with Crippen molar-refractivity contribution >= 4 is 17.7 Å². The van der Waals surface area contributed by atoms with Crippen LogP contribution in [-0.4, -0.2) is 52.7 Å². The second-order valence-electron chi connectivity index (χ2n) is 9.87. The minimum atomic E-state index is -0.471. The van der Waals surface area contributed by atoms with Gasteiger partial charge in [-0.15, -0.1) is 0 Å². The maximum Gasteiger partial charge on any atom is 0.243 e. The molecule has 2 aliphatic heterocycles. The number of likely N-dealkylation sites (tertiary alicyclic amines) is 1. The number of carbonyl (C=O) groups excluding carboxylic acids is 3. The number of nitrogens with one attached hydrogen (secondary N) is 1. The first-order chi connectivity index (χ1) is 14.7. The Hall–Kier alpha value is -2.37. The standard InChI is InChI=1S/C25H37N3O3/c1-17(2)13-23(29)27-11-9-21(10-12-27)26-25(31)22-15-19-7-5-6-8-20(19)16-28(22)24(30)14-18(3)4/h5-8,17-18,21-22H,9-16H2,1-4H3,(H,26,31). The fourth-order valence-corrected chi connectivity index (χ4v) is 4.53. The van der Waals surface area contributed by atoms with Crippen LogP contribution in [-0.2, 0) is 27.3 Å². The van der Waals surface area contributed by atoms with E-state index in [9.17, 15) is 14.4 Å². The molecule has 1 aromatic rings. The van der Waals surface area contributed by atoms with E-state index in [1.165, 1.54) is 0 Å². The Balaban J connectivity index is 1.63. The Morgan fingerprint density at radius 2 is 1.52 bits per heavy atom. The zero-order valence-electron chi connectivity index (χ0n) is 19.4. The molecule has 1 saturated heterocycles. The minimum Gasteiger partial charge on any atom is -0.351 e. The number of fused-ring (bicyclic) bond motifs is 1. The molecule has 1 atom stereocenters. The van der Waals surface area contributed by atoms with Gasteiger partial charge in [0.2, 0.25) is 17.7 Å². The Morgan fingerprint density at radius 1 is 0.935 bits per heavy atom. The van der Waals surface area contributed by atoms with Crippen LogP contribution in [0.1, 0.15) is 64.5 Å². The number of hydrogen-bond donors (Lipinski definition) is 1. The topological polar surface area (TPSA) is 69.7 Å². The molecular weight excluding hydrogens is 390 g/mol. The SMILES string of the molecule is CC(C)CC(=O)N1CCC(NC(=O)C2Cc3ccccc3CN2C(=O)CC(C)C)CC1. The second kappa shape index (κ2) is 10.3. The molecule has 1 N–H and O–H groups in total. The Kier molecular flexibility index (Phi) is 7.74. The minimum absolute atomic E-state index is 0.0405. The van der Waals surface area contributed by atoms with Crippen LogP contribution < -0.4 is 5.32 Å². The maximum absolute atomic E-state index is 13.3. The van der Waals surface area contributed by atoms with Gasteiger partial charge in [-0.05, 0) is 35.8 Å². The summed E-state index contributed by atoms with van der Waals surface area (Å²) in [4.78, 5) is 42.2. The van der Waals surface area contributed by atoms with Gasteiger partial charge in [-0.25, -0.2) is 0 Å². The first kappa shape index (κ1) is 23.3. The molecule has 31 heavy (non-hydrogen) atoms. The van der Waals surface area contributed by atoms with Gasteiger partial charge in [0.25, 0.3) is 0 Å². The lowest BCUT2D eigenvalue weighted by Gasteiger charge is -2.38. The summed E-state index contributed by atoms with van der Waals surface area (Å²) in [5.74, 6) is 0.779. The smallest absolute Gasteiger partial charge is 0.243 e. The molecule has 3 amide bonds. The summed E-state index contributed by atoms with van der Waals surface area (Å²) >= 11 is 0. The van der Waals surface area contributed by atoms with Gasteiger partial charge < -0.3 is 15.1 Å². The second-order valence-corrected chi connectivity index (χ2v) is 9.87. The van der Waals surface area contributed by atoms with Crippen molar-refractivity contribution in [3.63, 3.8) is 0 Å². The van der Waals surface area contributed by atoms with E-state index in [4.69, 9.17) is 0 Å². The molecule has 0 aromatic heterocycles. The highest BCUT2D eigenvalue weighted by Crippen LogP contribution is 2.25. The van der Waals surface area contributed by atoms with Crippen molar-refractivity contribution in [2.75, 3.05) is 13.1 Å². The van der Waals surface area contributed by atoms with Gasteiger partial charge >= 0.3 is 0 Å². The zero-order valence-corrected chi connectivity index (χ0v) is 19.4. The van der Waals surface area contributed by atoms with Gasteiger partial charge in [0.1, 0.15) is 6.04 Å². The van der Waals surface area contributed by atoms with Crippen molar-refractivity contribution in [1.29, 1.82) is 0 Å². The molecule has 2 aliphatic rings. The van der Waals surface area contributed by atoms with Crippen LogP contribution >= 0.6 is 0 Å². The van der Waals surface area contributed by atoms with Crippen LogP contribution in [0.15, 0.2) is 24.3 Å². The number of carbonyl (C=O) groups is 3. The normalized spacial score (nSPS) is 19.5. The molecule has 3 rings (SSSR count). The summed E-state index contributed by atoms with van der Waals surface area (Å²) in [5, 5.41) is 3.19. The highest BCUT2D eigenvalue weighted by molar-refractivity contribution is 5.88. The molecule has 0 bridgehead atoms. The van der Waals surface area contributed by atoms with Crippen LogP contribution in [0.4, 0.5) is 0 Å². The largest absolute Gasteiger partial charge is 0.351 e. The van der Waals surface area contributed by atoms with Crippen molar-refractivity contribution in [2.24, 2.45) is 11.8 Å². The summed E-state index contributed by atoms with van der Waals surface area (Å²) in [6.45, 7) is 10.0. The average Bonchev–Trinajstić information content (AvgIpc) is 2.72. The lowest BCUT2D eigenvalue weighted by atomic mass is 9.92. The van der Waals surface area contributed by atoms with Crippen molar-refractivity contribution in [1.82, 2.24) is 15.1 Å². The molecule has 0 spiro atoms. The molecule has 170 valence electrons. The lowest BCUT2D eigenvalue weighted by molar-refractivity contribution is -0.143. The van der Waals surface area contributed by atoms with Gasteiger partial charge in [0, 0.05) is 44.9 Å². The lowest BCUT2D eigenvalue weighted by Crippen LogP contribution is -2.56. The van der Waals surface area contributed by atoms with Crippen LogP contribution in [0.25, 0.3) is 0 Å². The third kappa shape index (κ3) is 6.08. The van der Waals surface area contributed by atoms with Gasteiger partial charge in [-0.1, -0.05) is 52.0 Å². The fourth-order valence-electron chi connectivity index (χ4n) is 4.53. The molecule has 0 aliphatic carbocycles. The van der Waals surface area contributed by atoms with Crippen LogP contribution in [0.5, 0.6) is 0 Å². The van der Waals surface area contributed by atoms with Gasteiger partial charge in [0.05, 0.1) is 0 Å². The van der Waals surface area contributed by atoms with E-state index in [1.54, 1.807) is 4.90 Å². The Morgan fingerprint density at radius 3 is 2.13 bits per heavy atom. The number of hydrogen-bond acceptors (Lipinski definition) is 3. The van der Waals surface area contributed by atoms with Crippen molar-refractivity contribution in [3.8, 4) is 0 Å². The van der Waals surface area contributed by atoms with E-state index in [1.807, 2.05) is 36.9 Å². The quantitative estimate of drug-likeness (QED) is 0.758. The van der Waals surface area contributed by atoms with Crippen LogP contribution in [0.2, 0.25) is 0 Å². The molecular formula is C25H37N3O3. The zero-order chi connectivity index (χ0) is 22.5. The number of nitrogens with zero attached hydrogens (tertiary/aromatic N) is 2. The third-order valence-corrected chi connectivity index (χ3v) is 6.23. The molecule has 0 radical (unpaired) electrons. The third-order valence-electron chi connectivity index (χ3n) is 6.23. The molecule has 1 fully saturated rings. The predicted molar refractivity (Wildman–Crippen MR) is 121 cm³/mol. The van der Waals surface area contributed by atoms with Gasteiger partial charge in [-0.2, -0.15) is 0 Å². The summed E-state index contributed by atoms with van der Waals surface area (Å²) in [6.07, 6.45) is 3.10. The summed E-state index contributed by atoms with van der Waals surface area (Å²) in [5.41, 5.74) is 2.27. The number of rotatable bonds is 6. The van der Waals surface area contributed by atoms with Gasteiger partial charge in [0.15, 0.2) is 0 Å². The molecule has 6 heteroatoms. The number of piperidine rings is 1. The van der Waals surface area contributed by atoms with Gasteiger partial charge in [-0.3, -0.25) is 14.4 Å². The van der Waals surface area contributed by atoms with E-state index in [2.05, 4.69) is 25.2 Å². The highest BCUT2D eigenvalue weighted by Gasteiger charge is 2.36. The van der Waals surface area contributed by atoms with Crippen LogP contribution in [0.3, 0.4) is 0 Å². The molecule has 1 unspecified atom stereocenters. The Labute approximate surface area is 186 Å². The number of amides is 3. The Bertz CT molecular complexity index is 797. The van der Waals surface area contributed by atoms with Crippen molar-refractivity contribution in [2.45, 2.75) is 78.4 Å². The molecule has 6 nitrogen and oxygen atoms in total. The average molecular weight is 428 g/mol. The number of benzene rings is 1. The van der Waals surface area contributed by atoms with E-state index in [-0.39, 0.29) is 29.7 Å². The summed E-state index contributed by atoms with van der Waals surface area (Å²) < 4.78 is 0. The molecule has 1 aromatic carbocycles. The van der Waals surface area contributed by atoms with E-state index >= 15 is 0 Å². The molecule has 2 heterocycles. The monoisotopic (exact) mass is 427 g/mol.